The number of aryl methyl sites for hydroxylation is 2. The van der Waals surface area contributed by atoms with E-state index in [-0.39, 0.29) is 35.5 Å². The molecule has 3 atom stereocenters. The maximum absolute atomic E-state index is 12.9. The summed E-state index contributed by atoms with van der Waals surface area (Å²) in [6.45, 7) is 8.42. The summed E-state index contributed by atoms with van der Waals surface area (Å²) in [6, 6.07) is 11.8. The van der Waals surface area contributed by atoms with Crippen molar-refractivity contribution in [2.24, 2.45) is 17.8 Å². The third kappa shape index (κ3) is 5.69. The quantitative estimate of drug-likeness (QED) is 0.290. The van der Waals surface area contributed by atoms with Crippen molar-refractivity contribution < 1.29 is 19.1 Å². The molecule has 0 spiro atoms. The van der Waals surface area contributed by atoms with E-state index in [9.17, 15) is 14.4 Å². The van der Waals surface area contributed by atoms with Crippen molar-refractivity contribution in [1.82, 2.24) is 25.0 Å². The Morgan fingerprint density at radius 2 is 1.77 bits per heavy atom. The average molecular weight is 581 g/mol. The van der Waals surface area contributed by atoms with Gasteiger partial charge in [0.15, 0.2) is 0 Å². The van der Waals surface area contributed by atoms with Gasteiger partial charge in [0.25, 0.3) is 5.91 Å². The smallest absolute Gasteiger partial charge is 0.309 e. The molecular formula is C33H36N6O4. The summed E-state index contributed by atoms with van der Waals surface area (Å²) < 4.78 is 6.87. The molecule has 222 valence electrons. The third-order valence-electron chi connectivity index (χ3n) is 8.86. The zero-order chi connectivity index (χ0) is 30.2. The first-order valence-electron chi connectivity index (χ1n) is 14.7. The van der Waals surface area contributed by atoms with Crippen LogP contribution in [0.2, 0.25) is 0 Å². The summed E-state index contributed by atoms with van der Waals surface area (Å²) in [6.07, 6.45) is 5.34. The molecule has 1 aliphatic heterocycles. The van der Waals surface area contributed by atoms with E-state index >= 15 is 0 Å². The van der Waals surface area contributed by atoms with Crippen LogP contribution in [0.15, 0.2) is 55.0 Å². The molecule has 6 rings (SSSR count). The standard InChI is InChI=1S/C33H36N6O4/c1-4-43-33(42)30-27-17-38(18-28(27)30)29(40)12-21-5-7-22(8-6-21)15-39-16-23(13-37-39)32(41)36-14-26-19(2)11-25-24(20(26)3)9-10-35-31(25)34/h5-11,13,16,27-28,30H,4,12,14-15,17-18H2,1-3H3,(H2,34,35)(H,36,41)/t27-,28+,30?. The Balaban J connectivity index is 1.00. The van der Waals surface area contributed by atoms with Crippen molar-refractivity contribution in [2.45, 2.75) is 40.3 Å². The number of anilines is 1. The number of aromatic nitrogens is 3. The third-order valence-corrected chi connectivity index (χ3v) is 8.86. The van der Waals surface area contributed by atoms with Gasteiger partial charge in [-0.05, 0) is 77.9 Å². The van der Waals surface area contributed by atoms with Gasteiger partial charge in [0.1, 0.15) is 5.82 Å². The fourth-order valence-corrected chi connectivity index (χ4v) is 6.39. The van der Waals surface area contributed by atoms with E-state index in [1.54, 1.807) is 23.3 Å². The molecule has 1 saturated carbocycles. The minimum atomic E-state index is -0.193. The molecule has 3 N–H and O–H groups in total. The molecule has 2 aliphatic rings. The topological polar surface area (TPSA) is 132 Å². The van der Waals surface area contributed by atoms with E-state index in [0.717, 1.165) is 38.6 Å². The van der Waals surface area contributed by atoms with Crippen LogP contribution in [0.5, 0.6) is 0 Å². The first-order valence-corrected chi connectivity index (χ1v) is 14.7. The molecule has 0 radical (unpaired) electrons. The number of carbonyl (C=O) groups excluding carboxylic acids is 3. The molecule has 2 aromatic heterocycles. The Hall–Kier alpha value is -4.73. The number of hydrogen-bond donors (Lipinski definition) is 2. The van der Waals surface area contributed by atoms with Crippen LogP contribution in [-0.2, 0) is 33.8 Å². The molecule has 43 heavy (non-hydrogen) atoms. The predicted octanol–water partition coefficient (Wildman–Crippen LogP) is 3.42. The van der Waals surface area contributed by atoms with Gasteiger partial charge in [-0.1, -0.05) is 24.3 Å². The highest BCUT2D eigenvalue weighted by Gasteiger charge is 2.60. The van der Waals surface area contributed by atoms with E-state index in [2.05, 4.69) is 15.4 Å². The molecule has 2 amide bonds. The number of likely N-dealkylation sites (tertiary alicyclic amines) is 1. The number of amides is 2. The summed E-state index contributed by atoms with van der Waals surface area (Å²) >= 11 is 0. The lowest BCUT2D eigenvalue weighted by Gasteiger charge is -2.19. The average Bonchev–Trinajstić information content (AvgIpc) is 3.28. The van der Waals surface area contributed by atoms with Gasteiger partial charge in [-0.25, -0.2) is 4.98 Å². The molecule has 1 saturated heterocycles. The van der Waals surface area contributed by atoms with E-state index in [1.165, 1.54) is 0 Å². The van der Waals surface area contributed by atoms with E-state index < -0.39 is 0 Å². The molecule has 4 aromatic rings. The second-order valence-corrected chi connectivity index (χ2v) is 11.6. The number of nitrogens with zero attached hydrogens (tertiary/aromatic N) is 4. The van der Waals surface area contributed by atoms with Gasteiger partial charge in [0.2, 0.25) is 5.91 Å². The Kier molecular flexibility index (Phi) is 7.60. The van der Waals surface area contributed by atoms with Crippen LogP contribution in [0.3, 0.4) is 0 Å². The van der Waals surface area contributed by atoms with Gasteiger partial charge in [-0.3, -0.25) is 19.1 Å². The van der Waals surface area contributed by atoms with E-state index in [4.69, 9.17) is 10.5 Å². The molecule has 2 fully saturated rings. The first kappa shape index (κ1) is 28.4. The maximum atomic E-state index is 12.9. The lowest BCUT2D eigenvalue weighted by atomic mass is 9.96. The number of nitrogen functional groups attached to an aromatic ring is 1. The molecule has 10 heteroatoms. The Bertz CT molecular complexity index is 1700. The summed E-state index contributed by atoms with van der Waals surface area (Å²) in [5.74, 6) is 0.725. The van der Waals surface area contributed by atoms with Crippen molar-refractivity contribution in [2.75, 3.05) is 25.4 Å². The highest BCUT2D eigenvalue weighted by molar-refractivity contribution is 5.95. The zero-order valence-electron chi connectivity index (χ0n) is 24.7. The Morgan fingerprint density at radius 3 is 2.49 bits per heavy atom. The minimum absolute atomic E-state index is 0.0339. The van der Waals surface area contributed by atoms with Gasteiger partial charge in [-0.15, -0.1) is 0 Å². The number of rotatable bonds is 9. The van der Waals surface area contributed by atoms with Crippen LogP contribution in [0.25, 0.3) is 10.8 Å². The van der Waals surface area contributed by atoms with Gasteiger partial charge < -0.3 is 20.7 Å². The van der Waals surface area contributed by atoms with Gasteiger partial charge >= 0.3 is 5.97 Å². The monoisotopic (exact) mass is 580 g/mol. The number of esters is 1. The van der Waals surface area contributed by atoms with Crippen molar-refractivity contribution in [1.29, 1.82) is 0 Å². The van der Waals surface area contributed by atoms with Crippen LogP contribution in [0, 0.1) is 31.6 Å². The van der Waals surface area contributed by atoms with Crippen LogP contribution in [-0.4, -0.2) is 57.1 Å². The number of ether oxygens (including phenoxy) is 1. The summed E-state index contributed by atoms with van der Waals surface area (Å²) in [4.78, 5) is 43.8. The first-order chi connectivity index (χ1) is 20.7. The largest absolute Gasteiger partial charge is 0.466 e. The minimum Gasteiger partial charge on any atom is -0.466 e. The van der Waals surface area contributed by atoms with E-state index in [1.807, 2.05) is 62.1 Å². The van der Waals surface area contributed by atoms with Gasteiger partial charge in [-0.2, -0.15) is 5.10 Å². The predicted molar refractivity (Wildman–Crippen MR) is 162 cm³/mol. The number of benzene rings is 2. The number of carbonyl (C=O) groups is 3. The highest BCUT2D eigenvalue weighted by Crippen LogP contribution is 2.52. The second-order valence-electron chi connectivity index (χ2n) is 11.6. The number of pyridine rings is 1. The van der Waals surface area contributed by atoms with Crippen LogP contribution < -0.4 is 11.1 Å². The van der Waals surface area contributed by atoms with Gasteiger partial charge in [0, 0.05) is 37.4 Å². The Labute approximate surface area is 250 Å². The molecule has 3 heterocycles. The molecule has 2 aromatic carbocycles. The van der Waals surface area contributed by atoms with Crippen molar-refractivity contribution in [3.63, 3.8) is 0 Å². The summed E-state index contributed by atoms with van der Waals surface area (Å²) in [5, 5.41) is 9.35. The van der Waals surface area contributed by atoms with E-state index in [0.29, 0.717) is 50.6 Å². The SMILES string of the molecule is CCOC(=O)C1[C@H]2CN(C(=O)Cc3ccc(Cn4cc(C(=O)NCc5c(C)cc6c(N)nccc6c5C)cn4)cc3)C[C@@H]12. The number of fused-ring (bicyclic) bond motifs is 2. The number of nitrogens with two attached hydrogens (primary N) is 1. The fourth-order valence-electron chi connectivity index (χ4n) is 6.39. The zero-order valence-corrected chi connectivity index (χ0v) is 24.7. The maximum Gasteiger partial charge on any atom is 0.309 e. The van der Waals surface area contributed by atoms with Crippen molar-refractivity contribution in [3.05, 3.63) is 88.4 Å². The number of nitrogens with one attached hydrogen (secondary N) is 1. The van der Waals surface area contributed by atoms with Crippen molar-refractivity contribution >= 4 is 34.4 Å². The van der Waals surface area contributed by atoms with Crippen LogP contribution >= 0.6 is 0 Å². The Morgan fingerprint density at radius 1 is 1.05 bits per heavy atom. The lowest BCUT2D eigenvalue weighted by molar-refractivity contribution is -0.146. The summed E-state index contributed by atoms with van der Waals surface area (Å²) in [7, 11) is 0. The lowest BCUT2D eigenvalue weighted by Crippen LogP contribution is -2.33. The normalized spacial score (nSPS) is 18.9. The van der Waals surface area contributed by atoms with Crippen LogP contribution in [0.4, 0.5) is 5.82 Å². The number of piperidine rings is 1. The molecule has 0 bridgehead atoms. The number of hydrogen-bond acceptors (Lipinski definition) is 7. The molecule has 1 unspecified atom stereocenters. The van der Waals surface area contributed by atoms with Gasteiger partial charge in [0.05, 0.1) is 37.3 Å². The van der Waals surface area contributed by atoms with Crippen LogP contribution in [0.1, 0.15) is 45.1 Å². The molecule has 1 aliphatic carbocycles. The molecular weight excluding hydrogens is 544 g/mol. The second kappa shape index (κ2) is 11.5. The highest BCUT2D eigenvalue weighted by atomic mass is 16.5. The summed E-state index contributed by atoms with van der Waals surface area (Å²) in [5.41, 5.74) is 11.7. The fraction of sp³-hybridized carbons (Fsp3) is 0.364. The molecule has 10 nitrogen and oxygen atoms in total. The van der Waals surface area contributed by atoms with Crippen molar-refractivity contribution in [3.8, 4) is 0 Å².